The first kappa shape index (κ1) is 15.4. The van der Waals surface area contributed by atoms with Crippen LogP contribution in [0.25, 0.3) is 0 Å². The maximum atomic E-state index is 13.2. The van der Waals surface area contributed by atoms with Crippen molar-refractivity contribution in [1.29, 1.82) is 0 Å². The van der Waals surface area contributed by atoms with Gasteiger partial charge in [-0.2, -0.15) is 0 Å². The minimum Gasteiger partial charge on any atom is -0.271 e. The van der Waals surface area contributed by atoms with Crippen LogP contribution in [0.2, 0.25) is 0 Å². The third-order valence-electron chi connectivity index (χ3n) is 4.63. The smallest absolute Gasteiger partial charge is 0.126 e. The van der Waals surface area contributed by atoms with E-state index in [1.54, 1.807) is 0 Å². The Morgan fingerprint density at radius 1 is 1.15 bits per heavy atom. The second-order valence-electron chi connectivity index (χ2n) is 5.94. The molecule has 112 valence electrons. The lowest BCUT2D eigenvalue weighted by Gasteiger charge is -2.33. The Balaban J connectivity index is 1.98. The second-order valence-corrected chi connectivity index (χ2v) is 5.94. The number of halogens is 2. The van der Waals surface area contributed by atoms with Gasteiger partial charge < -0.3 is 0 Å². The first-order valence-corrected chi connectivity index (χ1v) is 7.53. The van der Waals surface area contributed by atoms with Gasteiger partial charge in [0.2, 0.25) is 0 Å². The van der Waals surface area contributed by atoms with E-state index < -0.39 is 11.6 Å². The van der Waals surface area contributed by atoms with Crippen molar-refractivity contribution in [3.05, 3.63) is 35.4 Å². The summed E-state index contributed by atoms with van der Waals surface area (Å²) in [5.41, 5.74) is 3.52. The summed E-state index contributed by atoms with van der Waals surface area (Å²) in [6, 6.07) is 3.78. The highest BCUT2D eigenvalue weighted by Gasteiger charge is 2.26. The zero-order valence-electron chi connectivity index (χ0n) is 12.0. The monoisotopic (exact) mass is 282 g/mol. The van der Waals surface area contributed by atoms with Gasteiger partial charge in [-0.15, -0.1) is 0 Å². The van der Waals surface area contributed by atoms with Gasteiger partial charge in [0.05, 0.1) is 0 Å². The molecule has 1 saturated carbocycles. The molecule has 0 radical (unpaired) electrons. The van der Waals surface area contributed by atoms with Crippen LogP contribution >= 0.6 is 0 Å². The zero-order chi connectivity index (χ0) is 14.5. The van der Waals surface area contributed by atoms with Crippen LogP contribution in [0, 0.1) is 23.5 Å². The Hall–Kier alpha value is -1.00. The van der Waals surface area contributed by atoms with E-state index in [1.165, 1.54) is 31.4 Å². The average molecular weight is 282 g/mol. The topological polar surface area (TPSA) is 38.0 Å². The normalized spacial score (nSPS) is 24.6. The summed E-state index contributed by atoms with van der Waals surface area (Å²) in [4.78, 5) is 0. The van der Waals surface area contributed by atoms with Gasteiger partial charge in [-0.3, -0.25) is 11.3 Å². The molecule has 2 rings (SSSR count). The van der Waals surface area contributed by atoms with Crippen LogP contribution in [0.5, 0.6) is 0 Å². The standard InChI is InChI=1S/C16H24F2N2/c1-2-11-3-5-13(6-4-11)16(20-19)9-12-7-14(17)10-15(18)8-12/h7-8,10-11,13,16,20H,2-6,9,19H2,1H3. The molecule has 0 spiro atoms. The van der Waals surface area contributed by atoms with Gasteiger partial charge in [0.15, 0.2) is 0 Å². The number of hydrogen-bond acceptors (Lipinski definition) is 2. The van der Waals surface area contributed by atoms with E-state index in [1.807, 2.05) is 0 Å². The number of hydrogen-bond donors (Lipinski definition) is 2. The largest absolute Gasteiger partial charge is 0.271 e. The molecule has 4 heteroatoms. The van der Waals surface area contributed by atoms with Crippen LogP contribution in [-0.4, -0.2) is 6.04 Å². The van der Waals surface area contributed by atoms with Crippen LogP contribution in [0.1, 0.15) is 44.6 Å². The number of hydrazine groups is 1. The lowest BCUT2D eigenvalue weighted by Crippen LogP contribution is -2.43. The summed E-state index contributed by atoms with van der Waals surface area (Å²) < 4.78 is 26.5. The molecule has 0 aliphatic heterocycles. The molecule has 1 unspecified atom stereocenters. The summed E-state index contributed by atoms with van der Waals surface area (Å²) in [6.07, 6.45) is 6.57. The van der Waals surface area contributed by atoms with E-state index in [2.05, 4.69) is 12.3 Å². The second kappa shape index (κ2) is 7.14. The number of nitrogens with two attached hydrogens (primary N) is 1. The van der Waals surface area contributed by atoms with Crippen LogP contribution in [0.3, 0.4) is 0 Å². The van der Waals surface area contributed by atoms with E-state index in [0.717, 1.165) is 24.8 Å². The lowest BCUT2D eigenvalue weighted by molar-refractivity contribution is 0.217. The van der Waals surface area contributed by atoms with Crippen LogP contribution in [0.4, 0.5) is 8.78 Å². The molecule has 1 aromatic rings. The molecule has 0 saturated heterocycles. The molecule has 0 aromatic heterocycles. The molecule has 0 amide bonds. The fourth-order valence-corrected chi connectivity index (χ4v) is 3.34. The maximum Gasteiger partial charge on any atom is 0.126 e. The summed E-state index contributed by atoms with van der Waals surface area (Å²) >= 11 is 0. The lowest BCUT2D eigenvalue weighted by atomic mass is 9.76. The summed E-state index contributed by atoms with van der Waals surface area (Å²) in [5.74, 6) is 5.94. The van der Waals surface area contributed by atoms with E-state index in [9.17, 15) is 8.78 Å². The highest BCUT2D eigenvalue weighted by atomic mass is 19.1. The molecule has 20 heavy (non-hydrogen) atoms. The Labute approximate surface area is 119 Å². The zero-order valence-corrected chi connectivity index (χ0v) is 12.0. The van der Waals surface area contributed by atoms with Crippen LogP contribution in [0.15, 0.2) is 18.2 Å². The summed E-state index contributed by atoms with van der Waals surface area (Å²) in [6.45, 7) is 2.24. The molecule has 1 aliphatic rings. The minimum absolute atomic E-state index is 0.0917. The molecule has 1 atom stereocenters. The summed E-state index contributed by atoms with van der Waals surface area (Å²) in [7, 11) is 0. The van der Waals surface area contributed by atoms with E-state index in [0.29, 0.717) is 17.9 Å². The SMILES string of the molecule is CCC1CCC(C(Cc2cc(F)cc(F)c2)NN)CC1. The van der Waals surface area contributed by atoms with Gasteiger partial charge in [0, 0.05) is 12.1 Å². The maximum absolute atomic E-state index is 13.2. The molecule has 2 nitrogen and oxygen atoms in total. The number of nitrogens with one attached hydrogen (secondary N) is 1. The third kappa shape index (κ3) is 4.00. The van der Waals surface area contributed by atoms with Crippen molar-refractivity contribution in [3.8, 4) is 0 Å². The van der Waals surface area contributed by atoms with E-state index in [-0.39, 0.29) is 6.04 Å². The van der Waals surface area contributed by atoms with Gasteiger partial charge in [0.1, 0.15) is 11.6 Å². The number of rotatable bonds is 5. The Morgan fingerprint density at radius 3 is 2.25 bits per heavy atom. The highest BCUT2D eigenvalue weighted by Crippen LogP contribution is 2.33. The predicted octanol–water partition coefficient (Wildman–Crippen LogP) is 3.56. The van der Waals surface area contributed by atoms with Crippen molar-refractivity contribution < 1.29 is 8.78 Å². The van der Waals surface area contributed by atoms with E-state index in [4.69, 9.17) is 5.84 Å². The molecule has 1 fully saturated rings. The van der Waals surface area contributed by atoms with Crippen molar-refractivity contribution in [1.82, 2.24) is 5.43 Å². The third-order valence-corrected chi connectivity index (χ3v) is 4.63. The van der Waals surface area contributed by atoms with Gasteiger partial charge in [-0.1, -0.05) is 26.2 Å². The summed E-state index contributed by atoms with van der Waals surface area (Å²) in [5, 5.41) is 0. The Kier molecular flexibility index (Phi) is 5.49. The first-order valence-electron chi connectivity index (χ1n) is 7.53. The van der Waals surface area contributed by atoms with Crippen molar-refractivity contribution in [2.45, 2.75) is 51.5 Å². The van der Waals surface area contributed by atoms with E-state index >= 15 is 0 Å². The number of benzene rings is 1. The molecule has 3 N–H and O–H groups in total. The molecule has 0 bridgehead atoms. The van der Waals surface area contributed by atoms with Gasteiger partial charge in [-0.05, 0) is 48.8 Å². The van der Waals surface area contributed by atoms with Crippen molar-refractivity contribution >= 4 is 0 Å². The Bertz CT molecular complexity index is 408. The quantitative estimate of drug-likeness (QED) is 0.640. The first-order chi connectivity index (χ1) is 9.62. The Morgan fingerprint density at radius 2 is 1.75 bits per heavy atom. The molecular weight excluding hydrogens is 258 g/mol. The average Bonchev–Trinajstić information content (AvgIpc) is 2.44. The van der Waals surface area contributed by atoms with Gasteiger partial charge in [0.25, 0.3) is 0 Å². The molecule has 0 heterocycles. The van der Waals surface area contributed by atoms with Crippen LogP contribution in [-0.2, 0) is 6.42 Å². The van der Waals surface area contributed by atoms with Crippen molar-refractivity contribution in [3.63, 3.8) is 0 Å². The highest BCUT2D eigenvalue weighted by molar-refractivity contribution is 5.19. The van der Waals surface area contributed by atoms with Gasteiger partial charge >= 0.3 is 0 Å². The van der Waals surface area contributed by atoms with Gasteiger partial charge in [-0.25, -0.2) is 8.78 Å². The minimum atomic E-state index is -0.523. The van der Waals surface area contributed by atoms with Crippen LogP contribution < -0.4 is 11.3 Å². The fraction of sp³-hybridized carbons (Fsp3) is 0.625. The fourth-order valence-electron chi connectivity index (χ4n) is 3.34. The molecular formula is C16H24F2N2. The predicted molar refractivity (Wildman–Crippen MR) is 76.9 cm³/mol. The van der Waals surface area contributed by atoms with Crippen molar-refractivity contribution in [2.24, 2.45) is 17.7 Å². The van der Waals surface area contributed by atoms with Crippen molar-refractivity contribution in [2.75, 3.05) is 0 Å². The molecule has 1 aromatic carbocycles. The molecule has 1 aliphatic carbocycles.